The molecule has 0 heterocycles. The van der Waals surface area contributed by atoms with Crippen molar-refractivity contribution in [3.05, 3.63) is 0 Å². The Morgan fingerprint density at radius 2 is 2.20 bits per heavy atom. The quantitative estimate of drug-likeness (QED) is 0.594. The second-order valence-corrected chi connectivity index (χ2v) is 3.74. The van der Waals surface area contributed by atoms with Crippen LogP contribution in [0.3, 0.4) is 0 Å². The average molecular weight is 145 g/mol. The van der Waals surface area contributed by atoms with Crippen LogP contribution in [0.5, 0.6) is 0 Å². The summed E-state index contributed by atoms with van der Waals surface area (Å²) < 4.78 is 11.6. The maximum atomic E-state index is 11.6. The lowest BCUT2D eigenvalue weighted by Crippen LogP contribution is -2.21. The van der Waals surface area contributed by atoms with Crippen LogP contribution in [0.25, 0.3) is 0 Å². The van der Waals surface area contributed by atoms with Crippen molar-refractivity contribution in [3.63, 3.8) is 0 Å². The molecule has 1 atom stereocenters. The summed E-state index contributed by atoms with van der Waals surface area (Å²) >= 11 is 0. The molecular weight excluding hydrogens is 129 g/mol. The third-order valence-electron chi connectivity index (χ3n) is 2.21. The van der Waals surface area contributed by atoms with E-state index in [0.29, 0.717) is 17.9 Å². The average Bonchev–Trinajstić information content (AvgIpc) is 2.41. The van der Waals surface area contributed by atoms with Crippen LogP contribution < -0.4 is 5.32 Å². The summed E-state index contributed by atoms with van der Waals surface area (Å²) in [6.07, 6.45) is 1.91. The van der Waals surface area contributed by atoms with Crippen molar-refractivity contribution in [2.75, 3.05) is 13.2 Å². The maximum absolute atomic E-state index is 11.6. The highest BCUT2D eigenvalue weighted by Gasteiger charge is 2.44. The van der Waals surface area contributed by atoms with E-state index in [0.717, 1.165) is 6.54 Å². The van der Waals surface area contributed by atoms with Crippen molar-refractivity contribution in [2.45, 2.75) is 32.7 Å². The van der Waals surface area contributed by atoms with Gasteiger partial charge in [0.25, 0.3) is 0 Å². The zero-order valence-electron chi connectivity index (χ0n) is 6.78. The van der Waals surface area contributed by atoms with Crippen LogP contribution in [0, 0.1) is 5.41 Å². The maximum Gasteiger partial charge on any atom is 0.0906 e. The normalized spacial score (nSPS) is 28.5. The molecule has 1 aliphatic carbocycles. The molecular formula is C8H16FN. The first-order chi connectivity index (χ1) is 4.67. The summed E-state index contributed by atoms with van der Waals surface area (Å²) in [5, 5.41) is 3.31. The van der Waals surface area contributed by atoms with Crippen LogP contribution in [-0.2, 0) is 0 Å². The van der Waals surface area contributed by atoms with Crippen molar-refractivity contribution in [1.82, 2.24) is 5.32 Å². The zero-order valence-corrected chi connectivity index (χ0v) is 6.78. The minimum Gasteiger partial charge on any atom is -0.313 e. The molecule has 0 aromatic heterocycles. The molecule has 60 valence electrons. The SMILES string of the molecule is CC1(C)CC1NCCCF. The van der Waals surface area contributed by atoms with E-state index < -0.39 is 0 Å². The highest BCUT2D eigenvalue weighted by molar-refractivity contribution is 5.01. The molecule has 1 fully saturated rings. The molecule has 2 heteroatoms. The van der Waals surface area contributed by atoms with Gasteiger partial charge in [0.15, 0.2) is 0 Å². The Morgan fingerprint density at radius 3 is 2.60 bits per heavy atom. The first kappa shape index (κ1) is 7.99. The molecule has 10 heavy (non-hydrogen) atoms. The summed E-state index contributed by atoms with van der Waals surface area (Å²) in [7, 11) is 0. The first-order valence-electron chi connectivity index (χ1n) is 3.96. The Morgan fingerprint density at radius 1 is 1.60 bits per heavy atom. The minimum absolute atomic E-state index is 0.194. The van der Waals surface area contributed by atoms with E-state index in [1.54, 1.807) is 0 Å². The van der Waals surface area contributed by atoms with E-state index in [2.05, 4.69) is 19.2 Å². The van der Waals surface area contributed by atoms with E-state index in [-0.39, 0.29) is 6.67 Å². The molecule has 0 aliphatic heterocycles. The van der Waals surface area contributed by atoms with Gasteiger partial charge in [-0.2, -0.15) is 0 Å². The number of rotatable bonds is 4. The van der Waals surface area contributed by atoms with Crippen molar-refractivity contribution < 1.29 is 4.39 Å². The Bertz CT molecular complexity index is 112. The Hall–Kier alpha value is -0.110. The number of alkyl halides is 1. The van der Waals surface area contributed by atoms with Gasteiger partial charge in [0.1, 0.15) is 0 Å². The van der Waals surface area contributed by atoms with E-state index >= 15 is 0 Å². The standard InChI is InChI=1S/C8H16FN/c1-8(2)6-7(8)10-5-3-4-9/h7,10H,3-6H2,1-2H3. The second kappa shape index (κ2) is 2.87. The van der Waals surface area contributed by atoms with Gasteiger partial charge in [-0.3, -0.25) is 4.39 Å². The van der Waals surface area contributed by atoms with Gasteiger partial charge < -0.3 is 5.32 Å². The topological polar surface area (TPSA) is 12.0 Å². The van der Waals surface area contributed by atoms with Crippen molar-refractivity contribution in [3.8, 4) is 0 Å². The van der Waals surface area contributed by atoms with Gasteiger partial charge in [-0.25, -0.2) is 0 Å². The predicted molar refractivity (Wildman–Crippen MR) is 40.8 cm³/mol. The summed E-state index contributed by atoms with van der Waals surface area (Å²) in [5.41, 5.74) is 0.482. The molecule has 1 aliphatic rings. The third-order valence-corrected chi connectivity index (χ3v) is 2.21. The molecule has 0 amide bonds. The van der Waals surface area contributed by atoms with Gasteiger partial charge in [0, 0.05) is 6.04 Å². The van der Waals surface area contributed by atoms with Gasteiger partial charge in [-0.15, -0.1) is 0 Å². The Labute approximate surface area is 62.0 Å². The van der Waals surface area contributed by atoms with Crippen LogP contribution in [0.2, 0.25) is 0 Å². The zero-order chi connectivity index (χ0) is 7.61. The third kappa shape index (κ3) is 1.94. The van der Waals surface area contributed by atoms with E-state index in [1.807, 2.05) is 0 Å². The highest BCUT2D eigenvalue weighted by atomic mass is 19.1. The molecule has 0 aromatic carbocycles. The van der Waals surface area contributed by atoms with Crippen LogP contribution in [0.1, 0.15) is 26.7 Å². The summed E-state index contributed by atoms with van der Waals surface area (Å²) in [6.45, 7) is 5.12. The number of halogens is 1. The molecule has 0 aromatic rings. The van der Waals surface area contributed by atoms with E-state index in [4.69, 9.17) is 0 Å². The lowest BCUT2D eigenvalue weighted by Gasteiger charge is -2.03. The predicted octanol–water partition coefficient (Wildman–Crippen LogP) is 1.73. The molecule has 0 radical (unpaired) electrons. The smallest absolute Gasteiger partial charge is 0.0906 e. The van der Waals surface area contributed by atoms with Crippen LogP contribution in [0.4, 0.5) is 4.39 Å². The van der Waals surface area contributed by atoms with Gasteiger partial charge in [-0.1, -0.05) is 13.8 Å². The molecule has 0 spiro atoms. The fraction of sp³-hybridized carbons (Fsp3) is 1.00. The van der Waals surface area contributed by atoms with Gasteiger partial charge in [0.05, 0.1) is 6.67 Å². The molecule has 1 rings (SSSR count). The Balaban J connectivity index is 1.97. The number of hydrogen-bond acceptors (Lipinski definition) is 1. The van der Waals surface area contributed by atoms with Crippen molar-refractivity contribution >= 4 is 0 Å². The second-order valence-electron chi connectivity index (χ2n) is 3.74. The van der Waals surface area contributed by atoms with Crippen LogP contribution >= 0.6 is 0 Å². The summed E-state index contributed by atoms with van der Waals surface area (Å²) in [6, 6.07) is 0.652. The van der Waals surface area contributed by atoms with Crippen LogP contribution in [0.15, 0.2) is 0 Å². The van der Waals surface area contributed by atoms with Gasteiger partial charge in [-0.05, 0) is 24.8 Å². The molecule has 0 saturated heterocycles. The minimum atomic E-state index is -0.194. The molecule has 1 nitrogen and oxygen atoms in total. The van der Waals surface area contributed by atoms with E-state index in [9.17, 15) is 4.39 Å². The van der Waals surface area contributed by atoms with E-state index in [1.165, 1.54) is 6.42 Å². The number of hydrogen-bond donors (Lipinski definition) is 1. The lowest BCUT2D eigenvalue weighted by atomic mass is 10.2. The first-order valence-corrected chi connectivity index (χ1v) is 3.96. The van der Waals surface area contributed by atoms with Crippen LogP contribution in [-0.4, -0.2) is 19.3 Å². The summed E-state index contributed by atoms with van der Waals surface area (Å²) in [5.74, 6) is 0. The largest absolute Gasteiger partial charge is 0.313 e. The van der Waals surface area contributed by atoms with Gasteiger partial charge >= 0.3 is 0 Å². The van der Waals surface area contributed by atoms with Gasteiger partial charge in [0.2, 0.25) is 0 Å². The molecule has 1 saturated carbocycles. The molecule has 0 bridgehead atoms. The lowest BCUT2D eigenvalue weighted by molar-refractivity contribution is 0.448. The highest BCUT2D eigenvalue weighted by Crippen LogP contribution is 2.44. The van der Waals surface area contributed by atoms with Crippen molar-refractivity contribution in [2.24, 2.45) is 5.41 Å². The number of nitrogens with one attached hydrogen (secondary N) is 1. The molecule has 1 unspecified atom stereocenters. The monoisotopic (exact) mass is 145 g/mol. The summed E-state index contributed by atoms with van der Waals surface area (Å²) in [4.78, 5) is 0. The van der Waals surface area contributed by atoms with Crippen molar-refractivity contribution in [1.29, 1.82) is 0 Å². The Kier molecular flexibility index (Phi) is 2.29. The molecule has 1 N–H and O–H groups in total. The fourth-order valence-corrected chi connectivity index (χ4v) is 1.16. The fourth-order valence-electron chi connectivity index (χ4n) is 1.16.